The molecule has 1 saturated heterocycles. The van der Waals surface area contributed by atoms with Gasteiger partial charge in [0.2, 0.25) is 0 Å². The minimum Gasteiger partial charge on any atom is -0.391 e. The zero-order valence-corrected chi connectivity index (χ0v) is 15.4. The summed E-state index contributed by atoms with van der Waals surface area (Å²) in [5.41, 5.74) is 2.63. The highest BCUT2D eigenvalue weighted by molar-refractivity contribution is 7.10. The van der Waals surface area contributed by atoms with Crippen LogP contribution in [0.15, 0.2) is 48.0 Å². The number of aryl methyl sites for hydroxylation is 1. The second kappa shape index (κ2) is 7.05. The summed E-state index contributed by atoms with van der Waals surface area (Å²) >= 11 is 1.69. The van der Waals surface area contributed by atoms with Crippen LogP contribution in [0, 0.1) is 6.92 Å². The van der Waals surface area contributed by atoms with Gasteiger partial charge in [-0.1, -0.05) is 30.3 Å². The number of carbonyl (C=O) groups excluding carboxylic acids is 1. The summed E-state index contributed by atoms with van der Waals surface area (Å²) in [6.07, 6.45) is 1.81. The average molecular weight is 367 g/mol. The number of aromatic amines is 1. The molecule has 1 aromatic carbocycles. The maximum Gasteiger partial charge on any atom is 0.272 e. The number of aliphatic hydroxyl groups excluding tert-OH is 1. The first-order valence-corrected chi connectivity index (χ1v) is 9.63. The second-order valence-electron chi connectivity index (χ2n) is 6.69. The van der Waals surface area contributed by atoms with E-state index in [1.165, 1.54) is 10.4 Å². The van der Waals surface area contributed by atoms with Gasteiger partial charge in [-0.25, -0.2) is 4.98 Å². The lowest BCUT2D eigenvalue weighted by Crippen LogP contribution is -2.45. The molecule has 6 heteroatoms. The maximum atomic E-state index is 12.8. The van der Waals surface area contributed by atoms with Gasteiger partial charge in [0.15, 0.2) is 0 Å². The molecule has 2 N–H and O–H groups in total. The molecule has 1 aliphatic rings. The van der Waals surface area contributed by atoms with Crippen LogP contribution >= 0.6 is 11.3 Å². The smallest absolute Gasteiger partial charge is 0.272 e. The van der Waals surface area contributed by atoms with E-state index in [0.29, 0.717) is 24.6 Å². The van der Waals surface area contributed by atoms with Crippen LogP contribution in [0.4, 0.5) is 0 Å². The van der Waals surface area contributed by atoms with Gasteiger partial charge in [-0.3, -0.25) is 4.79 Å². The number of benzene rings is 1. The standard InChI is InChI=1S/C20H21N3O2S/c1-13-8-10-26-18(13)15-7-9-23(12-17(15)24)20(25)16-11-21-19(22-16)14-5-3-2-4-6-14/h2-6,8,10-11,15,17,24H,7,9,12H2,1H3,(H,21,22)/t15-,17-/m1/s1. The molecule has 1 aliphatic heterocycles. The van der Waals surface area contributed by atoms with Gasteiger partial charge in [0.25, 0.3) is 5.91 Å². The van der Waals surface area contributed by atoms with Crippen LogP contribution in [0.2, 0.25) is 0 Å². The van der Waals surface area contributed by atoms with Gasteiger partial charge < -0.3 is 15.0 Å². The van der Waals surface area contributed by atoms with Crippen molar-refractivity contribution in [3.63, 3.8) is 0 Å². The number of aromatic nitrogens is 2. The van der Waals surface area contributed by atoms with Crippen molar-refractivity contribution in [2.45, 2.75) is 25.4 Å². The number of hydrogen-bond donors (Lipinski definition) is 2. The predicted molar refractivity (Wildman–Crippen MR) is 102 cm³/mol. The van der Waals surface area contributed by atoms with E-state index >= 15 is 0 Å². The van der Waals surface area contributed by atoms with Crippen molar-refractivity contribution in [3.8, 4) is 11.4 Å². The topological polar surface area (TPSA) is 69.2 Å². The van der Waals surface area contributed by atoms with Crippen molar-refractivity contribution < 1.29 is 9.90 Å². The van der Waals surface area contributed by atoms with E-state index in [9.17, 15) is 9.90 Å². The van der Waals surface area contributed by atoms with E-state index in [0.717, 1.165) is 12.0 Å². The van der Waals surface area contributed by atoms with Crippen LogP contribution in [0.3, 0.4) is 0 Å². The Morgan fingerprint density at radius 2 is 2.12 bits per heavy atom. The maximum absolute atomic E-state index is 12.8. The number of nitrogens with zero attached hydrogens (tertiary/aromatic N) is 2. The highest BCUT2D eigenvalue weighted by Crippen LogP contribution is 2.34. The predicted octanol–water partition coefficient (Wildman–Crippen LogP) is 3.44. The fraction of sp³-hybridized carbons (Fsp3) is 0.300. The zero-order valence-electron chi connectivity index (χ0n) is 14.6. The number of thiophene rings is 1. The van der Waals surface area contributed by atoms with E-state index < -0.39 is 6.10 Å². The highest BCUT2D eigenvalue weighted by Gasteiger charge is 2.33. The van der Waals surface area contributed by atoms with Gasteiger partial charge in [0, 0.05) is 29.4 Å². The van der Waals surface area contributed by atoms with Crippen LogP contribution in [0.25, 0.3) is 11.4 Å². The number of nitrogens with one attached hydrogen (secondary N) is 1. The summed E-state index contributed by atoms with van der Waals surface area (Å²) in [6, 6.07) is 11.8. The lowest BCUT2D eigenvalue weighted by molar-refractivity contribution is 0.0383. The number of carbonyl (C=O) groups is 1. The Hall–Kier alpha value is -2.44. The van der Waals surface area contributed by atoms with Crippen molar-refractivity contribution >= 4 is 17.2 Å². The van der Waals surface area contributed by atoms with E-state index in [-0.39, 0.29) is 11.8 Å². The van der Waals surface area contributed by atoms with E-state index in [1.54, 1.807) is 22.4 Å². The molecule has 0 saturated carbocycles. The van der Waals surface area contributed by atoms with Gasteiger partial charge in [-0.2, -0.15) is 0 Å². The summed E-state index contributed by atoms with van der Waals surface area (Å²) in [5, 5.41) is 12.7. The molecule has 3 heterocycles. The number of rotatable bonds is 3. The lowest BCUT2D eigenvalue weighted by atomic mass is 9.90. The summed E-state index contributed by atoms with van der Waals surface area (Å²) < 4.78 is 0. The Morgan fingerprint density at radius 3 is 2.81 bits per heavy atom. The SMILES string of the molecule is Cc1ccsc1[C@@H]1CCN(C(=O)c2cnc(-c3ccccc3)[nH]2)C[C@H]1O. The van der Waals surface area contributed by atoms with Crippen LogP contribution in [0.5, 0.6) is 0 Å². The first-order chi connectivity index (χ1) is 12.6. The summed E-state index contributed by atoms with van der Waals surface area (Å²) in [4.78, 5) is 23.2. The minimum absolute atomic E-state index is 0.111. The Kier molecular flexibility index (Phi) is 4.61. The van der Waals surface area contributed by atoms with Crippen molar-refractivity contribution in [3.05, 3.63) is 64.1 Å². The van der Waals surface area contributed by atoms with E-state index in [4.69, 9.17) is 0 Å². The first kappa shape index (κ1) is 17.0. The van der Waals surface area contributed by atoms with Gasteiger partial charge in [0.05, 0.1) is 12.3 Å². The normalized spacial score (nSPS) is 20.3. The number of amides is 1. The molecule has 0 unspecified atom stereocenters. The molecule has 2 atom stereocenters. The molecule has 2 aromatic heterocycles. The molecule has 0 bridgehead atoms. The molecule has 134 valence electrons. The Bertz CT molecular complexity index is 903. The largest absolute Gasteiger partial charge is 0.391 e. The number of hydrogen-bond acceptors (Lipinski definition) is 4. The molecule has 0 aliphatic carbocycles. The van der Waals surface area contributed by atoms with Crippen molar-refractivity contribution in [2.24, 2.45) is 0 Å². The Labute approximate surface area is 156 Å². The van der Waals surface area contributed by atoms with Crippen molar-refractivity contribution in [2.75, 3.05) is 13.1 Å². The van der Waals surface area contributed by atoms with Crippen molar-refractivity contribution in [1.29, 1.82) is 0 Å². The fourth-order valence-corrected chi connectivity index (χ4v) is 4.65. The summed E-state index contributed by atoms with van der Waals surface area (Å²) in [6.45, 7) is 3.06. The Morgan fingerprint density at radius 1 is 1.31 bits per heavy atom. The lowest BCUT2D eigenvalue weighted by Gasteiger charge is -2.35. The minimum atomic E-state index is -0.540. The van der Waals surface area contributed by atoms with Gasteiger partial charge in [-0.15, -0.1) is 11.3 Å². The average Bonchev–Trinajstić information content (AvgIpc) is 3.31. The third-order valence-electron chi connectivity index (χ3n) is 4.96. The zero-order chi connectivity index (χ0) is 18.1. The van der Waals surface area contributed by atoms with Crippen LogP contribution in [-0.2, 0) is 0 Å². The number of β-amino-alcohol motifs (C(OH)–C–C–N with tert-alkyl or cyclic N) is 1. The van der Waals surface area contributed by atoms with Crippen LogP contribution in [0.1, 0.15) is 33.3 Å². The quantitative estimate of drug-likeness (QED) is 0.745. The molecule has 4 rings (SSSR count). The highest BCUT2D eigenvalue weighted by atomic mass is 32.1. The number of likely N-dealkylation sites (tertiary alicyclic amines) is 1. The van der Waals surface area contributed by atoms with Gasteiger partial charge in [0.1, 0.15) is 11.5 Å². The third kappa shape index (κ3) is 3.18. The van der Waals surface area contributed by atoms with Gasteiger partial charge in [-0.05, 0) is 30.4 Å². The van der Waals surface area contributed by atoms with Crippen LogP contribution < -0.4 is 0 Å². The molecule has 3 aromatic rings. The van der Waals surface area contributed by atoms with Gasteiger partial charge >= 0.3 is 0 Å². The molecule has 0 spiro atoms. The molecule has 1 fully saturated rings. The molecule has 0 radical (unpaired) electrons. The second-order valence-corrected chi connectivity index (χ2v) is 7.64. The number of aliphatic hydroxyl groups is 1. The molecular formula is C20H21N3O2S. The first-order valence-electron chi connectivity index (χ1n) is 8.75. The summed E-state index contributed by atoms with van der Waals surface area (Å²) in [5.74, 6) is 0.680. The molecule has 5 nitrogen and oxygen atoms in total. The van der Waals surface area contributed by atoms with Crippen molar-refractivity contribution in [1.82, 2.24) is 14.9 Å². The Balaban J connectivity index is 1.47. The summed E-state index contributed by atoms with van der Waals surface area (Å²) in [7, 11) is 0. The number of H-pyrrole nitrogens is 1. The monoisotopic (exact) mass is 367 g/mol. The number of imidazole rings is 1. The molecule has 26 heavy (non-hydrogen) atoms. The van der Waals surface area contributed by atoms with Crippen LogP contribution in [-0.4, -0.2) is 45.1 Å². The molecular weight excluding hydrogens is 346 g/mol. The fourth-order valence-electron chi connectivity index (χ4n) is 3.53. The number of piperidine rings is 1. The third-order valence-corrected chi connectivity index (χ3v) is 6.11. The van der Waals surface area contributed by atoms with E-state index in [2.05, 4.69) is 28.3 Å². The molecule has 1 amide bonds. The van der Waals surface area contributed by atoms with E-state index in [1.807, 2.05) is 30.3 Å².